The van der Waals surface area contributed by atoms with E-state index in [9.17, 15) is 9.90 Å². The summed E-state index contributed by atoms with van der Waals surface area (Å²) < 4.78 is 0. The Labute approximate surface area is 208 Å². The molecule has 1 aromatic carbocycles. The molecule has 8 heteroatoms. The van der Waals surface area contributed by atoms with Crippen LogP contribution in [0.2, 0.25) is 0 Å². The lowest BCUT2D eigenvalue weighted by atomic mass is 9.93. The van der Waals surface area contributed by atoms with Gasteiger partial charge in [-0.1, -0.05) is 24.3 Å². The van der Waals surface area contributed by atoms with Crippen molar-refractivity contribution in [2.75, 3.05) is 63.1 Å². The summed E-state index contributed by atoms with van der Waals surface area (Å²) in [6.45, 7) is 6.31. The van der Waals surface area contributed by atoms with Crippen LogP contribution in [-0.4, -0.2) is 90.8 Å². The third-order valence-electron chi connectivity index (χ3n) is 7.54. The third-order valence-corrected chi connectivity index (χ3v) is 7.54. The molecule has 188 valence electrons. The van der Waals surface area contributed by atoms with Crippen LogP contribution in [-0.2, 0) is 13.0 Å². The molecule has 0 bridgehead atoms. The lowest BCUT2D eigenvalue weighted by Gasteiger charge is -2.34. The summed E-state index contributed by atoms with van der Waals surface area (Å²) in [5.74, 6) is 1.45. The van der Waals surface area contributed by atoms with Gasteiger partial charge in [0.25, 0.3) is 5.91 Å². The Kier molecular flexibility index (Phi) is 7.51. The van der Waals surface area contributed by atoms with E-state index in [2.05, 4.69) is 56.6 Å². The van der Waals surface area contributed by atoms with Crippen LogP contribution in [0.5, 0.6) is 0 Å². The number of aliphatic hydroxyl groups excluding tert-OH is 1. The average molecular weight is 479 g/mol. The van der Waals surface area contributed by atoms with Gasteiger partial charge in [-0.2, -0.15) is 0 Å². The smallest absolute Gasteiger partial charge is 0.251 e. The van der Waals surface area contributed by atoms with Crippen LogP contribution in [0, 0.1) is 0 Å². The molecular weight excluding hydrogens is 440 g/mol. The molecule has 1 aliphatic carbocycles. The quantitative estimate of drug-likeness (QED) is 0.535. The van der Waals surface area contributed by atoms with Crippen molar-refractivity contribution in [2.45, 2.75) is 44.4 Å². The van der Waals surface area contributed by atoms with Crippen molar-refractivity contribution < 1.29 is 9.90 Å². The zero-order chi connectivity index (χ0) is 24.2. The second kappa shape index (κ2) is 10.9. The number of aromatic nitrogens is 1. The molecule has 2 aliphatic heterocycles. The van der Waals surface area contributed by atoms with Gasteiger partial charge in [-0.15, -0.1) is 0 Å². The molecular formula is C27H38N6O2. The predicted molar refractivity (Wildman–Crippen MR) is 139 cm³/mol. The number of carbonyl (C=O) groups excluding carboxylic acids is 1. The molecule has 2 fully saturated rings. The minimum absolute atomic E-state index is 0.164. The van der Waals surface area contributed by atoms with Crippen LogP contribution in [0.3, 0.4) is 0 Å². The Hall–Kier alpha value is -2.68. The maximum absolute atomic E-state index is 13.1. The van der Waals surface area contributed by atoms with Crippen molar-refractivity contribution in [1.82, 2.24) is 20.1 Å². The number of anilines is 2. The van der Waals surface area contributed by atoms with Gasteiger partial charge in [-0.25, -0.2) is 4.98 Å². The van der Waals surface area contributed by atoms with Crippen LogP contribution in [0.4, 0.5) is 11.6 Å². The van der Waals surface area contributed by atoms with Crippen LogP contribution < -0.4 is 15.5 Å². The van der Waals surface area contributed by atoms with Crippen molar-refractivity contribution in [3.05, 3.63) is 53.1 Å². The Bertz CT molecular complexity index is 1020. The number of nitrogens with zero attached hydrogens (tertiary/aromatic N) is 4. The standard InChI is InChI=1S/C27H38N6O2/c1-31-11-13-33(14-12-31)26-16-22(15-25(30-26)29-23-7-4-8-23)27(35)28-17-24(34)19-32-10-9-20-5-2-3-6-21(20)18-32/h2-3,5-6,15-16,23-24,34H,4,7-14,17-19H2,1H3,(H,28,35)(H,29,30). The number of β-amino-alcohol motifs (C(OH)–C–C–N with tert-alkyl or cyclic N) is 1. The summed E-state index contributed by atoms with van der Waals surface area (Å²) in [7, 11) is 2.13. The molecule has 1 amide bonds. The van der Waals surface area contributed by atoms with Gasteiger partial charge in [0.1, 0.15) is 11.6 Å². The van der Waals surface area contributed by atoms with Gasteiger partial charge in [0, 0.05) is 64.0 Å². The first-order valence-corrected chi connectivity index (χ1v) is 13.0. The highest BCUT2D eigenvalue weighted by atomic mass is 16.3. The lowest BCUT2D eigenvalue weighted by Crippen LogP contribution is -2.45. The number of hydrogen-bond acceptors (Lipinski definition) is 7. The first-order valence-electron chi connectivity index (χ1n) is 13.0. The molecule has 3 aliphatic rings. The fourth-order valence-electron chi connectivity index (χ4n) is 5.07. The van der Waals surface area contributed by atoms with Gasteiger partial charge in [-0.05, 0) is 56.0 Å². The number of likely N-dealkylation sites (N-methyl/N-ethyl adjacent to an activating group) is 1. The minimum Gasteiger partial charge on any atom is -0.390 e. The van der Waals surface area contributed by atoms with Crippen molar-refractivity contribution in [2.24, 2.45) is 0 Å². The van der Waals surface area contributed by atoms with Crippen LogP contribution >= 0.6 is 0 Å². The Morgan fingerprint density at radius 3 is 2.63 bits per heavy atom. The molecule has 1 unspecified atom stereocenters. The molecule has 1 aromatic heterocycles. The van der Waals surface area contributed by atoms with E-state index in [0.29, 0.717) is 18.2 Å². The lowest BCUT2D eigenvalue weighted by molar-refractivity contribution is 0.0842. The summed E-state index contributed by atoms with van der Waals surface area (Å²) in [6, 6.07) is 12.7. The SMILES string of the molecule is CN1CCN(c2cc(C(=O)NCC(O)CN3CCc4ccccc4C3)cc(NC3CCC3)n2)CC1. The number of amides is 1. The van der Waals surface area contributed by atoms with E-state index in [1.54, 1.807) is 0 Å². The summed E-state index contributed by atoms with van der Waals surface area (Å²) in [6.07, 6.45) is 3.92. The van der Waals surface area contributed by atoms with Gasteiger partial charge in [-0.3, -0.25) is 9.69 Å². The highest BCUT2D eigenvalue weighted by Gasteiger charge is 2.23. The second-order valence-corrected chi connectivity index (χ2v) is 10.3. The zero-order valence-electron chi connectivity index (χ0n) is 20.7. The molecule has 3 heterocycles. The molecule has 0 radical (unpaired) electrons. The fraction of sp³-hybridized carbons (Fsp3) is 0.556. The van der Waals surface area contributed by atoms with Crippen LogP contribution in [0.25, 0.3) is 0 Å². The van der Waals surface area contributed by atoms with E-state index in [1.165, 1.54) is 17.5 Å². The minimum atomic E-state index is -0.615. The zero-order valence-corrected chi connectivity index (χ0v) is 20.7. The summed E-state index contributed by atoms with van der Waals surface area (Å²) in [4.78, 5) is 24.8. The number of fused-ring (bicyclic) bond motifs is 1. The van der Waals surface area contributed by atoms with Crippen molar-refractivity contribution in [3.63, 3.8) is 0 Å². The molecule has 35 heavy (non-hydrogen) atoms. The molecule has 5 rings (SSSR count). The van der Waals surface area contributed by atoms with Gasteiger partial charge in [0.2, 0.25) is 0 Å². The first-order chi connectivity index (χ1) is 17.0. The van der Waals surface area contributed by atoms with Gasteiger partial charge >= 0.3 is 0 Å². The van der Waals surface area contributed by atoms with Crippen LogP contribution in [0.1, 0.15) is 40.7 Å². The van der Waals surface area contributed by atoms with E-state index >= 15 is 0 Å². The molecule has 1 saturated carbocycles. The highest BCUT2D eigenvalue weighted by Crippen LogP contribution is 2.25. The van der Waals surface area contributed by atoms with E-state index in [-0.39, 0.29) is 12.5 Å². The summed E-state index contributed by atoms with van der Waals surface area (Å²) in [5.41, 5.74) is 3.32. The number of nitrogens with one attached hydrogen (secondary N) is 2. The molecule has 3 N–H and O–H groups in total. The maximum Gasteiger partial charge on any atom is 0.251 e. The monoisotopic (exact) mass is 478 g/mol. The number of aliphatic hydroxyl groups is 1. The number of piperazine rings is 1. The topological polar surface area (TPSA) is 84.0 Å². The normalized spacial score (nSPS) is 20.1. The summed E-state index contributed by atoms with van der Waals surface area (Å²) in [5, 5.41) is 17.1. The van der Waals surface area contributed by atoms with Crippen LogP contribution in [0.15, 0.2) is 36.4 Å². The molecule has 2 aromatic rings. The van der Waals surface area contributed by atoms with Gasteiger partial charge in [0.15, 0.2) is 0 Å². The van der Waals surface area contributed by atoms with E-state index < -0.39 is 6.10 Å². The number of rotatable bonds is 8. The highest BCUT2D eigenvalue weighted by molar-refractivity contribution is 5.95. The molecule has 1 saturated heterocycles. The van der Waals surface area contributed by atoms with Gasteiger partial charge < -0.3 is 25.5 Å². The Morgan fingerprint density at radius 1 is 1.11 bits per heavy atom. The van der Waals surface area contributed by atoms with E-state index in [1.807, 2.05) is 12.1 Å². The Morgan fingerprint density at radius 2 is 1.89 bits per heavy atom. The molecule has 8 nitrogen and oxygen atoms in total. The first kappa shape index (κ1) is 24.0. The average Bonchev–Trinajstić information content (AvgIpc) is 2.85. The largest absolute Gasteiger partial charge is 0.390 e. The van der Waals surface area contributed by atoms with Gasteiger partial charge in [0.05, 0.1) is 6.10 Å². The molecule has 0 spiro atoms. The number of benzene rings is 1. The predicted octanol–water partition coefficient (Wildman–Crippen LogP) is 1.95. The van der Waals surface area contributed by atoms with Crippen molar-refractivity contribution >= 4 is 17.5 Å². The van der Waals surface area contributed by atoms with Crippen molar-refractivity contribution in [3.8, 4) is 0 Å². The van der Waals surface area contributed by atoms with E-state index in [4.69, 9.17) is 4.98 Å². The number of hydrogen-bond donors (Lipinski definition) is 3. The maximum atomic E-state index is 13.1. The second-order valence-electron chi connectivity index (χ2n) is 10.3. The molecule has 1 atom stereocenters. The van der Waals surface area contributed by atoms with Crippen molar-refractivity contribution in [1.29, 1.82) is 0 Å². The summed E-state index contributed by atoms with van der Waals surface area (Å²) >= 11 is 0. The number of pyridine rings is 1. The Balaban J connectivity index is 1.20. The number of carbonyl (C=O) groups is 1. The van der Waals surface area contributed by atoms with E-state index in [0.717, 1.165) is 70.2 Å². The fourth-order valence-corrected chi connectivity index (χ4v) is 5.07. The third kappa shape index (κ3) is 6.12.